The zero-order valence-electron chi connectivity index (χ0n) is 12.7. The smallest absolute Gasteiger partial charge is 0.130 e. The molecule has 4 nitrogen and oxygen atoms in total. The highest BCUT2D eigenvalue weighted by Gasteiger charge is 2.29. The van der Waals surface area contributed by atoms with E-state index in [-0.39, 0.29) is 0 Å². The third-order valence-electron chi connectivity index (χ3n) is 4.68. The van der Waals surface area contributed by atoms with E-state index in [0.29, 0.717) is 6.04 Å². The number of anilines is 3. The van der Waals surface area contributed by atoms with Crippen LogP contribution in [0.3, 0.4) is 0 Å². The first-order valence-corrected chi connectivity index (χ1v) is 8.16. The summed E-state index contributed by atoms with van der Waals surface area (Å²) in [5.74, 6) is 0.893. The van der Waals surface area contributed by atoms with E-state index >= 15 is 0 Å². The summed E-state index contributed by atoms with van der Waals surface area (Å²) in [6, 6.07) is 15.8. The molecular formula is C18H22N4. The summed E-state index contributed by atoms with van der Waals surface area (Å²) in [6.45, 7) is 2.23. The van der Waals surface area contributed by atoms with E-state index < -0.39 is 0 Å². The molecule has 1 aromatic heterocycles. The van der Waals surface area contributed by atoms with Gasteiger partial charge >= 0.3 is 0 Å². The summed E-state index contributed by atoms with van der Waals surface area (Å²) in [6.07, 6.45) is 5.88. The molecule has 0 radical (unpaired) electrons. The Labute approximate surface area is 131 Å². The molecule has 2 unspecified atom stereocenters. The number of benzene rings is 1. The number of para-hydroxylation sites is 1. The van der Waals surface area contributed by atoms with Crippen LogP contribution in [0.2, 0.25) is 0 Å². The van der Waals surface area contributed by atoms with Crippen LogP contribution < -0.4 is 15.5 Å². The van der Waals surface area contributed by atoms with Gasteiger partial charge in [-0.15, -0.1) is 0 Å². The summed E-state index contributed by atoms with van der Waals surface area (Å²) in [5, 5.41) is 7.05. The quantitative estimate of drug-likeness (QED) is 0.912. The Bertz CT molecular complexity index is 611. The van der Waals surface area contributed by atoms with E-state index in [1.807, 2.05) is 36.5 Å². The van der Waals surface area contributed by atoms with Gasteiger partial charge in [-0.3, -0.25) is 0 Å². The van der Waals surface area contributed by atoms with Gasteiger partial charge in [0, 0.05) is 30.9 Å². The monoisotopic (exact) mass is 294 g/mol. The molecule has 114 valence electrons. The number of hydrogen-bond donors (Lipinski definition) is 2. The maximum atomic E-state index is 4.57. The Hall–Kier alpha value is -2.07. The molecule has 2 aliphatic rings. The fourth-order valence-corrected chi connectivity index (χ4v) is 3.49. The van der Waals surface area contributed by atoms with Crippen molar-refractivity contribution in [3.63, 3.8) is 0 Å². The Kier molecular flexibility index (Phi) is 3.69. The molecular weight excluding hydrogens is 272 g/mol. The molecule has 4 rings (SSSR count). The van der Waals surface area contributed by atoms with Gasteiger partial charge in [-0.1, -0.05) is 18.2 Å². The summed E-state index contributed by atoms with van der Waals surface area (Å²) < 4.78 is 0. The molecule has 2 aromatic rings. The SMILES string of the molecule is c1ccc(Nc2ccc(N3CCC4CCC(C3)N4)cn2)cc1. The van der Waals surface area contributed by atoms with Gasteiger partial charge < -0.3 is 15.5 Å². The first-order valence-electron chi connectivity index (χ1n) is 8.16. The number of pyridine rings is 1. The Morgan fingerprint density at radius 3 is 2.68 bits per heavy atom. The van der Waals surface area contributed by atoms with Crippen molar-refractivity contribution in [2.24, 2.45) is 0 Å². The Morgan fingerprint density at radius 2 is 1.86 bits per heavy atom. The van der Waals surface area contributed by atoms with Crippen molar-refractivity contribution in [2.45, 2.75) is 31.3 Å². The molecule has 1 aromatic carbocycles. The van der Waals surface area contributed by atoms with E-state index in [1.54, 1.807) is 0 Å². The summed E-state index contributed by atoms with van der Waals surface area (Å²) in [4.78, 5) is 7.04. The largest absolute Gasteiger partial charge is 0.369 e. The van der Waals surface area contributed by atoms with Gasteiger partial charge in [0.15, 0.2) is 0 Å². The number of aromatic nitrogens is 1. The highest BCUT2D eigenvalue weighted by Crippen LogP contribution is 2.25. The maximum absolute atomic E-state index is 4.57. The van der Waals surface area contributed by atoms with Gasteiger partial charge in [-0.25, -0.2) is 4.98 Å². The van der Waals surface area contributed by atoms with Crippen molar-refractivity contribution in [1.82, 2.24) is 10.3 Å². The fraction of sp³-hybridized carbons (Fsp3) is 0.389. The molecule has 2 bridgehead atoms. The van der Waals surface area contributed by atoms with Crippen LogP contribution in [-0.2, 0) is 0 Å². The summed E-state index contributed by atoms with van der Waals surface area (Å²) in [7, 11) is 0. The van der Waals surface area contributed by atoms with E-state index in [2.05, 4.69) is 32.7 Å². The lowest BCUT2D eigenvalue weighted by atomic mass is 10.1. The first kappa shape index (κ1) is 13.6. The van der Waals surface area contributed by atoms with Crippen molar-refractivity contribution < 1.29 is 0 Å². The minimum atomic E-state index is 0.648. The van der Waals surface area contributed by atoms with Crippen molar-refractivity contribution in [2.75, 3.05) is 23.3 Å². The molecule has 0 amide bonds. The average molecular weight is 294 g/mol. The molecule has 2 atom stereocenters. The molecule has 22 heavy (non-hydrogen) atoms. The molecule has 2 fully saturated rings. The number of fused-ring (bicyclic) bond motifs is 2. The molecule has 2 N–H and O–H groups in total. The third-order valence-corrected chi connectivity index (χ3v) is 4.68. The Balaban J connectivity index is 1.45. The standard InChI is InChI=1S/C18H22N4/c1-2-4-14(5-3-1)21-18-9-8-17(12-19-18)22-11-10-15-6-7-16(13-22)20-15/h1-5,8-9,12,15-16,20H,6-7,10-11,13H2,(H,19,21). The summed E-state index contributed by atoms with van der Waals surface area (Å²) >= 11 is 0. The van der Waals surface area contributed by atoms with Gasteiger partial charge in [-0.2, -0.15) is 0 Å². The molecule has 0 aliphatic carbocycles. The molecule has 3 heterocycles. The third kappa shape index (κ3) is 2.92. The van der Waals surface area contributed by atoms with E-state index in [1.165, 1.54) is 24.9 Å². The fourth-order valence-electron chi connectivity index (χ4n) is 3.49. The van der Waals surface area contributed by atoms with Crippen LogP contribution in [0.25, 0.3) is 0 Å². The lowest BCUT2D eigenvalue weighted by Crippen LogP contribution is -2.35. The number of nitrogens with zero attached hydrogens (tertiary/aromatic N) is 2. The topological polar surface area (TPSA) is 40.2 Å². The lowest BCUT2D eigenvalue weighted by Gasteiger charge is -2.26. The summed E-state index contributed by atoms with van der Waals surface area (Å²) in [5.41, 5.74) is 2.30. The van der Waals surface area contributed by atoms with Crippen LogP contribution in [0.4, 0.5) is 17.2 Å². The second kappa shape index (κ2) is 5.97. The second-order valence-electron chi connectivity index (χ2n) is 6.27. The number of nitrogens with one attached hydrogen (secondary N) is 2. The van der Waals surface area contributed by atoms with Crippen LogP contribution in [0.5, 0.6) is 0 Å². The predicted octanol–water partition coefficient (Wildman–Crippen LogP) is 3.16. The van der Waals surface area contributed by atoms with Crippen molar-refractivity contribution in [3.05, 3.63) is 48.7 Å². The number of rotatable bonds is 3. The average Bonchev–Trinajstić information content (AvgIpc) is 2.89. The Morgan fingerprint density at radius 1 is 1.00 bits per heavy atom. The van der Waals surface area contributed by atoms with E-state index in [9.17, 15) is 0 Å². The lowest BCUT2D eigenvalue weighted by molar-refractivity contribution is 0.563. The van der Waals surface area contributed by atoms with Gasteiger partial charge in [0.1, 0.15) is 5.82 Å². The highest BCUT2D eigenvalue weighted by atomic mass is 15.2. The van der Waals surface area contributed by atoms with Crippen molar-refractivity contribution >= 4 is 17.2 Å². The second-order valence-corrected chi connectivity index (χ2v) is 6.27. The normalized spacial score (nSPS) is 24.1. The van der Waals surface area contributed by atoms with Gasteiger partial charge in [0.25, 0.3) is 0 Å². The first-order chi connectivity index (χ1) is 10.9. The zero-order chi connectivity index (χ0) is 14.8. The van der Waals surface area contributed by atoms with Gasteiger partial charge in [0.2, 0.25) is 0 Å². The predicted molar refractivity (Wildman–Crippen MR) is 90.7 cm³/mol. The van der Waals surface area contributed by atoms with Crippen LogP contribution in [0.15, 0.2) is 48.7 Å². The molecule has 2 aliphatic heterocycles. The highest BCUT2D eigenvalue weighted by molar-refractivity contribution is 5.58. The van der Waals surface area contributed by atoms with Gasteiger partial charge in [-0.05, 0) is 43.5 Å². The van der Waals surface area contributed by atoms with Crippen LogP contribution in [0.1, 0.15) is 19.3 Å². The molecule has 0 saturated carbocycles. The van der Waals surface area contributed by atoms with Crippen molar-refractivity contribution in [1.29, 1.82) is 0 Å². The zero-order valence-corrected chi connectivity index (χ0v) is 12.7. The molecule has 4 heteroatoms. The molecule has 2 saturated heterocycles. The molecule has 0 spiro atoms. The number of hydrogen-bond acceptors (Lipinski definition) is 4. The van der Waals surface area contributed by atoms with E-state index in [0.717, 1.165) is 30.6 Å². The minimum absolute atomic E-state index is 0.648. The van der Waals surface area contributed by atoms with Crippen LogP contribution in [0, 0.1) is 0 Å². The van der Waals surface area contributed by atoms with Crippen LogP contribution >= 0.6 is 0 Å². The van der Waals surface area contributed by atoms with Crippen LogP contribution in [-0.4, -0.2) is 30.2 Å². The maximum Gasteiger partial charge on any atom is 0.130 e. The van der Waals surface area contributed by atoms with Crippen molar-refractivity contribution in [3.8, 4) is 0 Å². The minimum Gasteiger partial charge on any atom is -0.369 e. The van der Waals surface area contributed by atoms with E-state index in [4.69, 9.17) is 0 Å². The van der Waals surface area contributed by atoms with Gasteiger partial charge in [0.05, 0.1) is 11.9 Å².